The smallest absolute Gasteiger partial charge is 0.160 e. The summed E-state index contributed by atoms with van der Waals surface area (Å²) in [7, 11) is 0. The number of rotatable bonds is 2. The van der Waals surface area contributed by atoms with E-state index in [0.717, 1.165) is 6.42 Å². The number of nitrogens with zero attached hydrogens (tertiary/aromatic N) is 4. The molecule has 1 aromatic rings. The summed E-state index contributed by atoms with van der Waals surface area (Å²) in [5.74, 6) is 1.94. The van der Waals surface area contributed by atoms with Crippen molar-refractivity contribution in [3.8, 4) is 0 Å². The Kier molecular flexibility index (Phi) is 2.90. The maximum atomic E-state index is 4.20. The number of hydrogen-bond donors (Lipinski definition) is 0. The standard InChI is InChI=1S/C12H18N4/c1-8-5-6-12(10(3)9(8)2)7-16-14-11(4)13-15-16/h6,8-9H,3,5,7H2,1-2,4H3. The molecule has 1 heterocycles. The van der Waals surface area contributed by atoms with Gasteiger partial charge in [-0.1, -0.05) is 26.5 Å². The molecule has 1 aliphatic rings. The summed E-state index contributed by atoms with van der Waals surface area (Å²) in [6.07, 6.45) is 3.37. The van der Waals surface area contributed by atoms with E-state index in [1.165, 1.54) is 11.1 Å². The molecule has 0 fully saturated rings. The first kappa shape index (κ1) is 11.0. The second-order valence-electron chi connectivity index (χ2n) is 4.62. The van der Waals surface area contributed by atoms with Gasteiger partial charge in [0.05, 0.1) is 6.54 Å². The first-order valence-corrected chi connectivity index (χ1v) is 5.70. The lowest BCUT2D eigenvalue weighted by Gasteiger charge is -2.28. The largest absolute Gasteiger partial charge is 0.171 e. The summed E-state index contributed by atoms with van der Waals surface area (Å²) in [5, 5.41) is 12.0. The first-order valence-electron chi connectivity index (χ1n) is 5.70. The maximum absolute atomic E-state index is 4.20. The molecule has 2 unspecified atom stereocenters. The second-order valence-corrected chi connectivity index (χ2v) is 4.62. The van der Waals surface area contributed by atoms with E-state index < -0.39 is 0 Å². The minimum atomic E-state index is 0.546. The summed E-state index contributed by atoms with van der Waals surface area (Å²) < 4.78 is 0. The van der Waals surface area contributed by atoms with Crippen LogP contribution in [0.1, 0.15) is 26.1 Å². The third kappa shape index (κ3) is 2.05. The topological polar surface area (TPSA) is 43.6 Å². The summed E-state index contributed by atoms with van der Waals surface area (Å²) in [6, 6.07) is 0. The molecule has 0 amide bonds. The van der Waals surface area contributed by atoms with E-state index in [1.54, 1.807) is 4.80 Å². The van der Waals surface area contributed by atoms with Crippen molar-refractivity contribution in [2.24, 2.45) is 11.8 Å². The molecule has 0 spiro atoms. The molecule has 1 aromatic heterocycles. The first-order chi connectivity index (χ1) is 7.58. The van der Waals surface area contributed by atoms with Crippen LogP contribution >= 0.6 is 0 Å². The Morgan fingerprint density at radius 2 is 2.25 bits per heavy atom. The van der Waals surface area contributed by atoms with Gasteiger partial charge in [0, 0.05) is 0 Å². The lowest BCUT2D eigenvalue weighted by atomic mass is 9.78. The van der Waals surface area contributed by atoms with Gasteiger partial charge in [-0.15, -0.1) is 10.2 Å². The molecule has 4 heteroatoms. The van der Waals surface area contributed by atoms with Crippen molar-refractivity contribution in [3.05, 3.63) is 29.6 Å². The zero-order chi connectivity index (χ0) is 11.7. The highest BCUT2D eigenvalue weighted by atomic mass is 15.6. The van der Waals surface area contributed by atoms with E-state index in [2.05, 4.69) is 41.9 Å². The zero-order valence-corrected chi connectivity index (χ0v) is 10.1. The van der Waals surface area contributed by atoms with Crippen molar-refractivity contribution in [3.63, 3.8) is 0 Å². The molecule has 86 valence electrons. The predicted molar refractivity (Wildman–Crippen MR) is 62.7 cm³/mol. The molecule has 2 rings (SSSR count). The van der Waals surface area contributed by atoms with Gasteiger partial charge >= 0.3 is 0 Å². The second kappa shape index (κ2) is 4.20. The maximum Gasteiger partial charge on any atom is 0.171 e. The van der Waals surface area contributed by atoms with E-state index in [9.17, 15) is 0 Å². The average molecular weight is 218 g/mol. The molecule has 16 heavy (non-hydrogen) atoms. The number of hydrogen-bond acceptors (Lipinski definition) is 3. The Morgan fingerprint density at radius 3 is 2.88 bits per heavy atom. The minimum absolute atomic E-state index is 0.546. The predicted octanol–water partition coefficient (Wildman–Crippen LogP) is 2.14. The van der Waals surface area contributed by atoms with Crippen LogP contribution in [0.2, 0.25) is 0 Å². The zero-order valence-electron chi connectivity index (χ0n) is 10.1. The lowest BCUT2D eigenvalue weighted by Crippen LogP contribution is -2.19. The number of tetrazole rings is 1. The van der Waals surface area contributed by atoms with Gasteiger partial charge in [-0.2, -0.15) is 4.80 Å². The Bertz CT molecular complexity index is 430. The summed E-state index contributed by atoms with van der Waals surface area (Å²) in [6.45, 7) is 11.2. The molecular weight excluding hydrogens is 200 g/mol. The van der Waals surface area contributed by atoms with Gasteiger partial charge < -0.3 is 0 Å². The summed E-state index contributed by atoms with van der Waals surface area (Å²) >= 11 is 0. The molecular formula is C12H18N4. The summed E-state index contributed by atoms with van der Waals surface area (Å²) in [5.41, 5.74) is 2.47. The molecule has 1 aliphatic carbocycles. The van der Waals surface area contributed by atoms with Crippen molar-refractivity contribution in [2.45, 2.75) is 33.7 Å². The third-order valence-electron chi connectivity index (χ3n) is 3.42. The fraction of sp³-hybridized carbons (Fsp3) is 0.583. The van der Waals surface area contributed by atoms with Crippen LogP contribution in [0.5, 0.6) is 0 Å². The Labute approximate surface area is 96.0 Å². The van der Waals surface area contributed by atoms with Crippen LogP contribution in [0.15, 0.2) is 23.8 Å². The Hall–Kier alpha value is -1.45. The Balaban J connectivity index is 2.13. The third-order valence-corrected chi connectivity index (χ3v) is 3.42. The van der Waals surface area contributed by atoms with Gasteiger partial charge in [0.2, 0.25) is 0 Å². The van der Waals surface area contributed by atoms with Gasteiger partial charge in [0.1, 0.15) is 0 Å². The van der Waals surface area contributed by atoms with Crippen molar-refractivity contribution in [2.75, 3.05) is 0 Å². The SMILES string of the molecule is C=C1C(Cn2nnc(C)n2)=CCC(C)C1C. The van der Waals surface area contributed by atoms with E-state index in [0.29, 0.717) is 24.2 Å². The summed E-state index contributed by atoms with van der Waals surface area (Å²) in [4.78, 5) is 1.63. The van der Waals surface area contributed by atoms with Crippen molar-refractivity contribution >= 4 is 0 Å². The fourth-order valence-electron chi connectivity index (χ4n) is 2.01. The van der Waals surface area contributed by atoms with Gasteiger partial charge in [0.15, 0.2) is 5.82 Å². The number of aryl methyl sites for hydroxylation is 1. The van der Waals surface area contributed by atoms with Crippen molar-refractivity contribution in [1.82, 2.24) is 20.2 Å². The van der Waals surface area contributed by atoms with Crippen LogP contribution < -0.4 is 0 Å². The van der Waals surface area contributed by atoms with E-state index in [1.807, 2.05) is 6.92 Å². The van der Waals surface area contributed by atoms with Gasteiger partial charge in [-0.05, 0) is 41.5 Å². The highest BCUT2D eigenvalue weighted by Crippen LogP contribution is 2.33. The normalized spacial score (nSPS) is 25.7. The molecule has 0 aliphatic heterocycles. The molecule has 0 saturated heterocycles. The van der Waals surface area contributed by atoms with Crippen LogP contribution in [-0.2, 0) is 6.54 Å². The van der Waals surface area contributed by atoms with Crippen LogP contribution in [0.3, 0.4) is 0 Å². The van der Waals surface area contributed by atoms with Crippen molar-refractivity contribution < 1.29 is 0 Å². The van der Waals surface area contributed by atoms with Gasteiger partial charge in [-0.25, -0.2) is 0 Å². The van der Waals surface area contributed by atoms with Crippen LogP contribution in [0.4, 0.5) is 0 Å². The average Bonchev–Trinajstić information content (AvgIpc) is 2.65. The molecule has 2 atom stereocenters. The number of allylic oxidation sites excluding steroid dienone is 3. The molecule has 0 bridgehead atoms. The lowest BCUT2D eigenvalue weighted by molar-refractivity contribution is 0.423. The highest BCUT2D eigenvalue weighted by molar-refractivity contribution is 5.33. The van der Waals surface area contributed by atoms with Crippen LogP contribution in [0.25, 0.3) is 0 Å². The van der Waals surface area contributed by atoms with Gasteiger partial charge in [0.25, 0.3) is 0 Å². The van der Waals surface area contributed by atoms with Crippen LogP contribution in [0, 0.1) is 18.8 Å². The van der Waals surface area contributed by atoms with Crippen molar-refractivity contribution in [1.29, 1.82) is 0 Å². The van der Waals surface area contributed by atoms with E-state index >= 15 is 0 Å². The van der Waals surface area contributed by atoms with E-state index in [-0.39, 0.29) is 0 Å². The fourth-order valence-corrected chi connectivity index (χ4v) is 2.01. The van der Waals surface area contributed by atoms with E-state index in [4.69, 9.17) is 0 Å². The monoisotopic (exact) mass is 218 g/mol. The Morgan fingerprint density at radius 1 is 1.50 bits per heavy atom. The molecule has 4 nitrogen and oxygen atoms in total. The molecule has 0 aromatic carbocycles. The van der Waals surface area contributed by atoms with Gasteiger partial charge in [-0.3, -0.25) is 0 Å². The molecule has 0 N–H and O–H groups in total. The highest BCUT2D eigenvalue weighted by Gasteiger charge is 2.22. The molecule has 0 saturated carbocycles. The number of aromatic nitrogens is 4. The molecule has 0 radical (unpaired) electrons. The minimum Gasteiger partial charge on any atom is -0.160 e. The van der Waals surface area contributed by atoms with Crippen LogP contribution in [-0.4, -0.2) is 20.2 Å². The quantitative estimate of drug-likeness (QED) is 0.764.